The molecule has 23 heavy (non-hydrogen) atoms. The first-order chi connectivity index (χ1) is 11.0. The standard InChI is InChI=1S/C19H19F3O/c1-2-3-10-23-16-7-9-18-14(12-16)5-4-13-11-15(19(20,21)22)6-8-17(13)18/h6-9,11-12H,2-5,10H2,1H3. The van der Waals surface area contributed by atoms with Crippen LogP contribution < -0.4 is 4.74 Å². The molecule has 0 aromatic heterocycles. The topological polar surface area (TPSA) is 9.23 Å². The molecule has 0 saturated heterocycles. The molecule has 0 fully saturated rings. The van der Waals surface area contributed by atoms with Gasteiger partial charge in [0.1, 0.15) is 5.75 Å². The van der Waals surface area contributed by atoms with E-state index < -0.39 is 11.7 Å². The highest BCUT2D eigenvalue weighted by Gasteiger charge is 2.31. The molecule has 1 aliphatic rings. The molecule has 0 unspecified atom stereocenters. The van der Waals surface area contributed by atoms with Crippen molar-refractivity contribution in [3.05, 3.63) is 53.1 Å². The minimum Gasteiger partial charge on any atom is -0.494 e. The summed E-state index contributed by atoms with van der Waals surface area (Å²) in [5.74, 6) is 0.840. The number of hydrogen-bond donors (Lipinski definition) is 0. The number of aryl methyl sites for hydroxylation is 2. The maximum Gasteiger partial charge on any atom is 0.416 e. The van der Waals surface area contributed by atoms with Crippen molar-refractivity contribution in [2.24, 2.45) is 0 Å². The summed E-state index contributed by atoms with van der Waals surface area (Å²) in [6.45, 7) is 2.81. The highest BCUT2D eigenvalue weighted by Crippen LogP contribution is 2.38. The molecule has 1 nitrogen and oxygen atoms in total. The summed E-state index contributed by atoms with van der Waals surface area (Å²) in [5, 5.41) is 0. The Bertz CT molecular complexity index is 704. The van der Waals surface area contributed by atoms with Gasteiger partial charge in [0.2, 0.25) is 0 Å². The fourth-order valence-corrected chi connectivity index (χ4v) is 2.97. The van der Waals surface area contributed by atoms with Crippen molar-refractivity contribution in [2.75, 3.05) is 6.61 Å². The van der Waals surface area contributed by atoms with E-state index in [1.807, 2.05) is 18.2 Å². The molecular formula is C19H19F3O. The van der Waals surface area contributed by atoms with Crippen molar-refractivity contribution in [3.63, 3.8) is 0 Å². The maximum atomic E-state index is 12.8. The fraction of sp³-hybridized carbons (Fsp3) is 0.368. The average molecular weight is 320 g/mol. The second-order valence-electron chi connectivity index (χ2n) is 5.89. The first kappa shape index (κ1) is 15.9. The lowest BCUT2D eigenvalue weighted by atomic mass is 9.84. The monoisotopic (exact) mass is 320 g/mol. The summed E-state index contributed by atoms with van der Waals surface area (Å²) in [6.07, 6.45) is -0.814. The van der Waals surface area contributed by atoms with Gasteiger partial charge in [0.15, 0.2) is 0 Å². The van der Waals surface area contributed by atoms with Gasteiger partial charge in [0.25, 0.3) is 0 Å². The van der Waals surface area contributed by atoms with Crippen LogP contribution in [0.5, 0.6) is 5.75 Å². The van der Waals surface area contributed by atoms with Crippen molar-refractivity contribution in [2.45, 2.75) is 38.8 Å². The SMILES string of the molecule is CCCCOc1ccc2c(c1)CCc1cc(C(F)(F)F)ccc1-2. The minimum atomic E-state index is -4.29. The van der Waals surface area contributed by atoms with Crippen LogP contribution in [0, 0.1) is 0 Å². The number of rotatable bonds is 4. The molecule has 2 aromatic carbocycles. The Hall–Kier alpha value is -1.97. The predicted octanol–water partition coefficient (Wildman–Crippen LogP) is 5.65. The number of halogens is 3. The van der Waals surface area contributed by atoms with Crippen LogP contribution in [0.4, 0.5) is 13.2 Å². The van der Waals surface area contributed by atoms with E-state index in [4.69, 9.17) is 4.74 Å². The normalized spacial score (nSPS) is 13.4. The van der Waals surface area contributed by atoms with Crippen molar-refractivity contribution in [1.29, 1.82) is 0 Å². The second kappa shape index (κ2) is 6.26. The van der Waals surface area contributed by atoms with Crippen molar-refractivity contribution >= 4 is 0 Å². The molecule has 0 saturated carbocycles. The predicted molar refractivity (Wildman–Crippen MR) is 84.7 cm³/mol. The lowest BCUT2D eigenvalue weighted by molar-refractivity contribution is -0.137. The third-order valence-electron chi connectivity index (χ3n) is 4.23. The molecule has 122 valence electrons. The van der Waals surface area contributed by atoms with Crippen LogP contribution in [-0.4, -0.2) is 6.61 Å². The van der Waals surface area contributed by atoms with Crippen molar-refractivity contribution in [3.8, 4) is 16.9 Å². The quantitative estimate of drug-likeness (QED) is 0.661. The summed E-state index contributed by atoms with van der Waals surface area (Å²) in [5.41, 5.74) is 3.26. The molecule has 0 radical (unpaired) electrons. The van der Waals surface area contributed by atoms with Crippen molar-refractivity contribution in [1.82, 2.24) is 0 Å². The number of alkyl halides is 3. The molecule has 2 aromatic rings. The minimum absolute atomic E-state index is 0.570. The molecule has 0 N–H and O–H groups in total. The molecule has 0 bridgehead atoms. The molecule has 0 aliphatic heterocycles. The summed E-state index contributed by atoms with van der Waals surface area (Å²) in [4.78, 5) is 0. The van der Waals surface area contributed by atoms with Gasteiger partial charge in [0.05, 0.1) is 12.2 Å². The number of ether oxygens (including phenoxy) is 1. The van der Waals surface area contributed by atoms with Crippen LogP contribution in [0.2, 0.25) is 0 Å². The zero-order chi connectivity index (χ0) is 16.4. The van der Waals surface area contributed by atoms with Gasteiger partial charge in [-0.25, -0.2) is 0 Å². The maximum absolute atomic E-state index is 12.8. The number of benzene rings is 2. The van der Waals surface area contributed by atoms with E-state index in [1.54, 1.807) is 6.07 Å². The summed E-state index contributed by atoms with van der Waals surface area (Å²) >= 11 is 0. The van der Waals surface area contributed by atoms with Gasteiger partial charge in [-0.2, -0.15) is 13.2 Å². The molecule has 0 amide bonds. The Labute approximate surface area is 134 Å². The number of fused-ring (bicyclic) bond motifs is 3. The Kier molecular flexibility index (Phi) is 4.33. The van der Waals surface area contributed by atoms with Gasteiger partial charge in [0, 0.05) is 0 Å². The van der Waals surface area contributed by atoms with E-state index in [0.717, 1.165) is 47.3 Å². The summed E-state index contributed by atoms with van der Waals surface area (Å²) in [7, 11) is 0. The highest BCUT2D eigenvalue weighted by atomic mass is 19.4. The third kappa shape index (κ3) is 3.36. The Balaban J connectivity index is 1.89. The number of unbranched alkanes of at least 4 members (excludes halogenated alkanes) is 1. The largest absolute Gasteiger partial charge is 0.494 e. The molecule has 0 atom stereocenters. The van der Waals surface area contributed by atoms with Crippen LogP contribution in [0.15, 0.2) is 36.4 Å². The second-order valence-corrected chi connectivity index (χ2v) is 5.89. The van der Waals surface area contributed by atoms with E-state index in [2.05, 4.69) is 6.92 Å². The van der Waals surface area contributed by atoms with E-state index in [9.17, 15) is 13.2 Å². The first-order valence-corrected chi connectivity index (χ1v) is 7.95. The molecule has 0 spiro atoms. The van der Waals surface area contributed by atoms with Crippen LogP contribution in [0.3, 0.4) is 0 Å². The van der Waals surface area contributed by atoms with Crippen LogP contribution in [-0.2, 0) is 19.0 Å². The average Bonchev–Trinajstić information content (AvgIpc) is 2.53. The molecular weight excluding hydrogens is 301 g/mol. The zero-order valence-electron chi connectivity index (χ0n) is 13.0. The van der Waals surface area contributed by atoms with E-state index in [0.29, 0.717) is 13.0 Å². The van der Waals surface area contributed by atoms with Gasteiger partial charge < -0.3 is 4.74 Å². The fourth-order valence-electron chi connectivity index (χ4n) is 2.97. The third-order valence-corrected chi connectivity index (χ3v) is 4.23. The van der Waals surface area contributed by atoms with Gasteiger partial charge in [-0.05, 0) is 65.8 Å². The Morgan fingerprint density at radius 3 is 2.26 bits per heavy atom. The van der Waals surface area contributed by atoms with Gasteiger partial charge >= 0.3 is 6.18 Å². The van der Waals surface area contributed by atoms with Gasteiger partial charge in [-0.15, -0.1) is 0 Å². The van der Waals surface area contributed by atoms with Crippen LogP contribution in [0.1, 0.15) is 36.5 Å². The Morgan fingerprint density at radius 2 is 1.61 bits per heavy atom. The smallest absolute Gasteiger partial charge is 0.416 e. The Morgan fingerprint density at radius 1 is 0.957 bits per heavy atom. The lowest BCUT2D eigenvalue weighted by Gasteiger charge is -2.22. The molecule has 4 heteroatoms. The van der Waals surface area contributed by atoms with Crippen LogP contribution >= 0.6 is 0 Å². The van der Waals surface area contributed by atoms with E-state index >= 15 is 0 Å². The summed E-state index contributed by atoms with van der Waals surface area (Å²) < 4.78 is 44.2. The zero-order valence-corrected chi connectivity index (χ0v) is 13.0. The van der Waals surface area contributed by atoms with Crippen LogP contribution in [0.25, 0.3) is 11.1 Å². The lowest BCUT2D eigenvalue weighted by Crippen LogP contribution is -2.09. The van der Waals surface area contributed by atoms with E-state index in [-0.39, 0.29) is 0 Å². The van der Waals surface area contributed by atoms with Crippen molar-refractivity contribution < 1.29 is 17.9 Å². The molecule has 3 rings (SSSR count). The number of hydrogen-bond acceptors (Lipinski definition) is 1. The summed E-state index contributed by atoms with van der Waals surface area (Å²) in [6, 6.07) is 9.92. The highest BCUT2D eigenvalue weighted by molar-refractivity contribution is 5.74. The van der Waals surface area contributed by atoms with E-state index in [1.165, 1.54) is 12.1 Å². The van der Waals surface area contributed by atoms with Gasteiger partial charge in [-0.1, -0.05) is 25.5 Å². The molecule has 1 aliphatic carbocycles. The van der Waals surface area contributed by atoms with Gasteiger partial charge in [-0.3, -0.25) is 0 Å². The molecule has 0 heterocycles. The first-order valence-electron chi connectivity index (χ1n) is 7.95.